The lowest BCUT2D eigenvalue weighted by Gasteiger charge is -2.22. The van der Waals surface area contributed by atoms with E-state index < -0.39 is 35.2 Å². The summed E-state index contributed by atoms with van der Waals surface area (Å²) in [7, 11) is 9.97. The van der Waals surface area contributed by atoms with Crippen molar-refractivity contribution in [3.63, 3.8) is 0 Å². The molecule has 96 heavy (non-hydrogen) atoms. The highest BCUT2D eigenvalue weighted by atomic mass is 16.5. The molecule has 25 nitrogen and oxygen atoms in total. The average Bonchev–Trinajstić information content (AvgIpc) is 2.61. The van der Waals surface area contributed by atoms with Gasteiger partial charge in [-0.05, 0) is 102 Å². The predicted molar refractivity (Wildman–Crippen MR) is 368 cm³/mol. The van der Waals surface area contributed by atoms with E-state index in [1.807, 2.05) is 141 Å². The number of rotatable bonds is 16. The summed E-state index contributed by atoms with van der Waals surface area (Å²) in [5.41, 5.74) is 7.57. The van der Waals surface area contributed by atoms with Gasteiger partial charge in [-0.3, -0.25) is 52.9 Å². The Hall–Kier alpha value is -11.2. The van der Waals surface area contributed by atoms with Crippen LogP contribution in [0.4, 0.5) is 11.4 Å². The molecule has 25 heteroatoms. The number of carbonyl (C=O) groups excluding carboxylic acids is 7. The van der Waals surface area contributed by atoms with E-state index in [1.165, 1.54) is 50.2 Å². The number of aromatic nitrogens is 6. The monoisotopic (exact) mass is 1320 g/mol. The van der Waals surface area contributed by atoms with Gasteiger partial charge in [0.15, 0.2) is 0 Å². The zero-order valence-corrected chi connectivity index (χ0v) is 54.2. The van der Waals surface area contributed by atoms with Crippen molar-refractivity contribution in [1.29, 1.82) is 0 Å². The van der Waals surface area contributed by atoms with Crippen LogP contribution in [0.15, 0.2) is 171 Å². The highest BCUT2D eigenvalue weighted by Gasteiger charge is 2.47. The second-order valence-electron chi connectivity index (χ2n) is 21.1. The molecule has 0 saturated heterocycles. The third-order valence-corrected chi connectivity index (χ3v) is 15.2. The summed E-state index contributed by atoms with van der Waals surface area (Å²) in [5.74, 6) is -2.31. The second-order valence-corrected chi connectivity index (χ2v) is 21.1. The van der Waals surface area contributed by atoms with E-state index >= 15 is 0 Å². The van der Waals surface area contributed by atoms with Crippen LogP contribution in [-0.2, 0) is 83.6 Å². The molecule has 2 atom stereocenters. The fourth-order valence-electron chi connectivity index (χ4n) is 9.57. The van der Waals surface area contributed by atoms with Crippen LogP contribution >= 0.6 is 0 Å². The van der Waals surface area contributed by atoms with Crippen LogP contribution in [-0.4, -0.2) is 125 Å². The summed E-state index contributed by atoms with van der Waals surface area (Å²) >= 11 is 0. The maximum atomic E-state index is 12.5. The Labute approximate surface area is 559 Å². The van der Waals surface area contributed by atoms with Gasteiger partial charge in [0.2, 0.25) is 5.88 Å². The smallest absolute Gasteiger partial charge is 0.310 e. The molecule has 512 valence electrons. The van der Waals surface area contributed by atoms with Crippen molar-refractivity contribution in [1.82, 2.24) is 28.9 Å². The number of H-pyrrole nitrogens is 1. The molecule has 0 bridgehead atoms. The van der Waals surface area contributed by atoms with Crippen molar-refractivity contribution < 1.29 is 62.0 Å². The Morgan fingerprint density at radius 2 is 0.917 bits per heavy atom. The van der Waals surface area contributed by atoms with Crippen LogP contribution in [0.1, 0.15) is 89.7 Å². The number of esters is 5. The maximum Gasteiger partial charge on any atom is 0.310 e. The van der Waals surface area contributed by atoms with Gasteiger partial charge in [0, 0.05) is 29.7 Å². The van der Waals surface area contributed by atoms with Crippen molar-refractivity contribution in [2.45, 2.75) is 95.9 Å². The van der Waals surface area contributed by atoms with E-state index in [1.54, 1.807) is 80.2 Å². The number of hydrazone groups is 2. The topological polar surface area (TPSA) is 289 Å². The summed E-state index contributed by atoms with van der Waals surface area (Å²) in [6, 6.07) is 46.4. The number of hydrogen-bond donors (Lipinski definition) is 1. The van der Waals surface area contributed by atoms with Crippen molar-refractivity contribution in [3.05, 3.63) is 206 Å². The molecule has 10 rings (SSSR count). The number of benzene rings is 5. The van der Waals surface area contributed by atoms with Crippen LogP contribution in [0.3, 0.4) is 0 Å². The highest BCUT2D eigenvalue weighted by molar-refractivity contribution is 6.19. The molecule has 0 radical (unpaired) electrons. The number of carbonyl (C=O) groups is 7. The molecular formula is C71H88N10O15. The number of nitrogens with zero attached hydrogens (tertiary/aromatic N) is 9. The Balaban J connectivity index is 0.000000310. The largest absolute Gasteiger partial charge is 0.481 e. The molecule has 0 saturated carbocycles. The van der Waals surface area contributed by atoms with Crippen LogP contribution in [0.2, 0.25) is 0 Å². The van der Waals surface area contributed by atoms with Crippen LogP contribution in [0.5, 0.6) is 5.88 Å². The number of methoxy groups -OCH3 is 6. The van der Waals surface area contributed by atoms with Crippen LogP contribution in [0, 0.1) is 32.1 Å². The van der Waals surface area contributed by atoms with Crippen molar-refractivity contribution >= 4 is 64.5 Å². The predicted octanol–water partition coefficient (Wildman–Crippen LogP) is 9.77. The van der Waals surface area contributed by atoms with E-state index in [2.05, 4.69) is 39.3 Å². The Morgan fingerprint density at radius 1 is 0.500 bits per heavy atom. The van der Waals surface area contributed by atoms with Crippen molar-refractivity contribution in [2.24, 2.45) is 28.6 Å². The number of para-hydroxylation sites is 5. The molecule has 0 fully saturated rings. The first kappa shape index (κ1) is 79.0. The molecular weight excluding hydrogens is 1230 g/mol. The zero-order chi connectivity index (χ0) is 68.1. The molecule has 5 aromatic carbocycles. The first-order valence-electron chi connectivity index (χ1n) is 29.1. The van der Waals surface area contributed by atoms with Gasteiger partial charge >= 0.3 is 29.8 Å². The summed E-state index contributed by atoms with van der Waals surface area (Å²) in [6.07, 6.45) is 0.166. The molecule has 2 aliphatic heterocycles. The van der Waals surface area contributed by atoms with Gasteiger partial charge in [-0.1, -0.05) is 113 Å². The van der Waals surface area contributed by atoms with Gasteiger partial charge in [0.1, 0.15) is 0 Å². The molecule has 0 aliphatic carbocycles. The number of nitrogens with one attached hydrogen (secondary N) is 1. The third kappa shape index (κ3) is 19.2. The fourth-order valence-corrected chi connectivity index (χ4v) is 9.57. The van der Waals surface area contributed by atoms with E-state index in [0.29, 0.717) is 45.5 Å². The zero-order valence-electron chi connectivity index (χ0n) is 54.2. The number of aryl methyl sites for hydroxylation is 2. The minimum Gasteiger partial charge on any atom is -0.481 e. The van der Waals surface area contributed by atoms with Gasteiger partial charge < -0.3 is 28.4 Å². The lowest BCUT2D eigenvalue weighted by molar-refractivity contribution is -0.144. The highest BCUT2D eigenvalue weighted by Crippen LogP contribution is 2.36. The number of amides is 2. The SMILES string of the molecule is C.C.C.COC(=O)CC1(C)C(=O)N(c2ccccc2)N=C1C.COC(=O)CC1C(=O)N(c2ccccc2)N=C1C.COC(=O)Cc1c(C)[nH]n(-c2ccccc2)c1=O.COC(=O)Cc1c(C)n(C)n(-c2ccccc2)c1=O.COC(=O)Cc1c(C)nn(-c2ccccc2)c1OC. The van der Waals surface area contributed by atoms with Crippen molar-refractivity contribution in [3.8, 4) is 22.9 Å². The van der Waals surface area contributed by atoms with E-state index in [9.17, 15) is 43.2 Å². The number of aromatic amines is 1. The maximum absolute atomic E-state index is 12.5. The van der Waals surface area contributed by atoms with Crippen molar-refractivity contribution in [2.75, 3.05) is 52.7 Å². The standard InChI is InChI=1S/3C14H16N2O3.2C13H14N2O3.3CH4/c1-10-14(2,9-12(17)19-3)13(18)16(15-10)11-7-5-4-6-8-11;1-10-12(9-13(17)18-2)14(19-3)16(15-10)11-7-5-4-6-8-11;1-10-12(9-13(17)19-3)14(18)16(15(10)2)11-7-5-4-6-8-11;2*1-9-11(8-12(16)18-2)13(17)15(14-9)10-6-4-3-5-7-10;;;/h3*4-8H,9H2,1-3H3;3-7,14H,8H2,1-2H3;3-7,11H,8H2,1-2H3;3*1H4. The van der Waals surface area contributed by atoms with E-state index in [4.69, 9.17) is 9.47 Å². The van der Waals surface area contributed by atoms with Gasteiger partial charge in [0.05, 0.1) is 137 Å². The summed E-state index contributed by atoms with van der Waals surface area (Å²) < 4.78 is 34.9. The minimum atomic E-state index is -0.928. The fraction of sp³-hybridized carbons (Fsp3) is 0.324. The molecule has 1 N–H and O–H groups in total. The molecule has 0 spiro atoms. The first-order valence-corrected chi connectivity index (χ1v) is 29.1. The lowest BCUT2D eigenvalue weighted by atomic mass is 9.82. The Bertz CT molecular complexity index is 4100. The first-order chi connectivity index (χ1) is 44.5. The molecule has 8 aromatic rings. The third-order valence-electron chi connectivity index (χ3n) is 15.2. The number of ether oxygens (including phenoxy) is 6. The molecule has 2 unspecified atom stereocenters. The molecule has 5 heterocycles. The van der Waals surface area contributed by atoms with Gasteiger partial charge in [-0.2, -0.15) is 20.3 Å². The summed E-state index contributed by atoms with van der Waals surface area (Å²) in [6.45, 7) is 10.6. The van der Waals surface area contributed by atoms with E-state index in [-0.39, 0.29) is 83.3 Å². The molecule has 2 amide bonds. The van der Waals surface area contributed by atoms with Crippen LogP contribution < -0.4 is 25.9 Å². The van der Waals surface area contributed by atoms with Crippen LogP contribution in [0.25, 0.3) is 17.1 Å². The van der Waals surface area contributed by atoms with E-state index in [0.717, 1.165) is 34.0 Å². The lowest BCUT2D eigenvalue weighted by Crippen LogP contribution is -2.38. The summed E-state index contributed by atoms with van der Waals surface area (Å²) in [4.78, 5) is 106. The van der Waals surface area contributed by atoms with Gasteiger partial charge in [0.25, 0.3) is 22.9 Å². The number of hydrogen-bond acceptors (Lipinski definition) is 18. The average molecular weight is 1320 g/mol. The normalized spacial score (nSPS) is 14.0. The molecule has 3 aromatic heterocycles. The minimum absolute atomic E-state index is 0. The Morgan fingerprint density at radius 3 is 1.38 bits per heavy atom. The van der Waals surface area contributed by atoms with Gasteiger partial charge in [-0.15, -0.1) is 0 Å². The molecule has 2 aliphatic rings. The Kier molecular flexibility index (Phi) is 30.3. The van der Waals surface area contributed by atoms with Gasteiger partial charge in [-0.25, -0.2) is 19.1 Å². The quantitative estimate of drug-likeness (QED) is 0.0695. The number of anilines is 2. The second kappa shape index (κ2) is 36.9. The summed E-state index contributed by atoms with van der Waals surface area (Å²) in [5, 5.41) is 18.5.